The van der Waals surface area contributed by atoms with Crippen molar-refractivity contribution >= 4 is 5.69 Å². The summed E-state index contributed by atoms with van der Waals surface area (Å²) in [4.78, 5) is 2.25. The lowest BCUT2D eigenvalue weighted by Crippen LogP contribution is -2.63. The van der Waals surface area contributed by atoms with Gasteiger partial charge >= 0.3 is 0 Å². The van der Waals surface area contributed by atoms with Gasteiger partial charge in [-0.15, -0.1) is 0 Å². The molecule has 4 nitrogen and oxygen atoms in total. The molecule has 0 aromatic heterocycles. The lowest BCUT2D eigenvalue weighted by Gasteiger charge is -2.47. The third-order valence-electron chi connectivity index (χ3n) is 3.12. The summed E-state index contributed by atoms with van der Waals surface area (Å²) in [7, 11) is 3.36. The Kier molecular flexibility index (Phi) is 3.14. The molecule has 1 aromatic carbocycles. The summed E-state index contributed by atoms with van der Waals surface area (Å²) in [5.74, 6) is -0.413. The highest BCUT2D eigenvalue weighted by molar-refractivity contribution is 5.46. The van der Waals surface area contributed by atoms with Crippen molar-refractivity contribution in [1.82, 2.24) is 4.90 Å². The standard InChI is InChI=1S/C12H18N2O2/c1-15-12(16-2)8-14(9-12)7-10-5-3-4-6-11(10)13/h3-6H,7-9,13H2,1-2H3. The van der Waals surface area contributed by atoms with Crippen LogP contribution in [0.2, 0.25) is 0 Å². The average Bonchev–Trinajstić information content (AvgIpc) is 2.25. The number of methoxy groups -OCH3 is 2. The predicted octanol–water partition coefficient (Wildman–Crippen LogP) is 1.07. The van der Waals surface area contributed by atoms with Gasteiger partial charge in [0.1, 0.15) is 0 Å². The van der Waals surface area contributed by atoms with E-state index in [2.05, 4.69) is 11.0 Å². The van der Waals surface area contributed by atoms with Gasteiger partial charge in [-0.1, -0.05) is 18.2 Å². The van der Waals surface area contributed by atoms with Crippen LogP contribution in [0.1, 0.15) is 5.56 Å². The highest BCUT2D eigenvalue weighted by Gasteiger charge is 2.43. The number of likely N-dealkylation sites (tertiary alicyclic amines) is 1. The maximum atomic E-state index is 5.89. The molecule has 1 saturated heterocycles. The summed E-state index contributed by atoms with van der Waals surface area (Å²) in [5.41, 5.74) is 7.89. The van der Waals surface area contributed by atoms with Crippen LogP contribution < -0.4 is 5.73 Å². The van der Waals surface area contributed by atoms with Crippen molar-refractivity contribution in [2.24, 2.45) is 0 Å². The lowest BCUT2D eigenvalue weighted by atomic mass is 10.1. The smallest absolute Gasteiger partial charge is 0.193 e. The first kappa shape index (κ1) is 11.4. The fourth-order valence-corrected chi connectivity index (χ4v) is 2.01. The molecule has 0 spiro atoms. The number of rotatable bonds is 4. The van der Waals surface area contributed by atoms with Gasteiger partial charge in [0, 0.05) is 26.5 Å². The van der Waals surface area contributed by atoms with E-state index in [0.717, 1.165) is 30.9 Å². The highest BCUT2D eigenvalue weighted by atomic mass is 16.7. The molecule has 0 atom stereocenters. The largest absolute Gasteiger partial charge is 0.398 e. The van der Waals surface area contributed by atoms with Gasteiger partial charge in [-0.05, 0) is 11.6 Å². The molecule has 88 valence electrons. The zero-order chi connectivity index (χ0) is 11.6. The van der Waals surface area contributed by atoms with Crippen molar-refractivity contribution in [3.63, 3.8) is 0 Å². The summed E-state index contributed by atoms with van der Waals surface area (Å²) in [6, 6.07) is 7.93. The van der Waals surface area contributed by atoms with Crippen LogP contribution >= 0.6 is 0 Å². The zero-order valence-electron chi connectivity index (χ0n) is 9.77. The molecule has 4 heteroatoms. The molecule has 16 heavy (non-hydrogen) atoms. The van der Waals surface area contributed by atoms with Crippen molar-refractivity contribution in [3.8, 4) is 0 Å². The first-order valence-electron chi connectivity index (χ1n) is 5.35. The van der Waals surface area contributed by atoms with E-state index in [1.165, 1.54) is 0 Å². The molecule has 1 fully saturated rings. The molecule has 1 aliphatic rings. The Balaban J connectivity index is 1.93. The first-order chi connectivity index (χ1) is 7.69. The van der Waals surface area contributed by atoms with E-state index < -0.39 is 5.79 Å². The van der Waals surface area contributed by atoms with Gasteiger partial charge in [-0.3, -0.25) is 4.90 Å². The van der Waals surface area contributed by atoms with Crippen LogP contribution in [-0.4, -0.2) is 38.0 Å². The molecule has 0 aliphatic carbocycles. The average molecular weight is 222 g/mol. The van der Waals surface area contributed by atoms with Gasteiger partial charge in [0.05, 0.1) is 13.1 Å². The molecule has 0 unspecified atom stereocenters. The number of benzene rings is 1. The fourth-order valence-electron chi connectivity index (χ4n) is 2.01. The Bertz CT molecular complexity index is 356. The van der Waals surface area contributed by atoms with Crippen molar-refractivity contribution in [2.45, 2.75) is 12.3 Å². The van der Waals surface area contributed by atoms with E-state index in [4.69, 9.17) is 15.2 Å². The molecular weight excluding hydrogens is 204 g/mol. The van der Waals surface area contributed by atoms with Crippen LogP contribution in [0.15, 0.2) is 24.3 Å². The van der Waals surface area contributed by atoms with Crippen molar-refractivity contribution in [1.29, 1.82) is 0 Å². The number of para-hydroxylation sites is 1. The maximum Gasteiger partial charge on any atom is 0.193 e. The number of hydrogen-bond acceptors (Lipinski definition) is 4. The van der Waals surface area contributed by atoms with E-state index in [1.807, 2.05) is 18.2 Å². The van der Waals surface area contributed by atoms with Crippen LogP contribution in [0, 0.1) is 0 Å². The van der Waals surface area contributed by atoms with Gasteiger partial charge in [-0.2, -0.15) is 0 Å². The molecule has 0 radical (unpaired) electrons. The van der Waals surface area contributed by atoms with Crippen molar-refractivity contribution < 1.29 is 9.47 Å². The SMILES string of the molecule is COC1(OC)CN(Cc2ccccc2N)C1. The van der Waals surface area contributed by atoms with Gasteiger partial charge in [-0.25, -0.2) is 0 Å². The van der Waals surface area contributed by atoms with E-state index >= 15 is 0 Å². The summed E-state index contributed by atoms with van der Waals surface area (Å²) in [6.45, 7) is 2.42. The van der Waals surface area contributed by atoms with E-state index in [0.29, 0.717) is 0 Å². The van der Waals surface area contributed by atoms with Crippen LogP contribution in [0.4, 0.5) is 5.69 Å². The van der Waals surface area contributed by atoms with Crippen LogP contribution in [-0.2, 0) is 16.0 Å². The summed E-state index contributed by atoms with van der Waals surface area (Å²) in [5, 5.41) is 0. The number of anilines is 1. The minimum absolute atomic E-state index is 0.413. The molecule has 2 N–H and O–H groups in total. The quantitative estimate of drug-likeness (QED) is 0.611. The minimum atomic E-state index is -0.413. The first-order valence-corrected chi connectivity index (χ1v) is 5.35. The van der Waals surface area contributed by atoms with Crippen LogP contribution in [0.3, 0.4) is 0 Å². The molecular formula is C12H18N2O2. The molecule has 0 bridgehead atoms. The molecule has 1 aromatic rings. The molecule has 0 saturated carbocycles. The number of nitrogens with two attached hydrogens (primary N) is 1. The second-order valence-corrected chi connectivity index (χ2v) is 4.16. The molecule has 2 rings (SSSR count). The summed E-state index contributed by atoms with van der Waals surface area (Å²) < 4.78 is 10.7. The number of nitrogen functional groups attached to an aromatic ring is 1. The highest BCUT2D eigenvalue weighted by Crippen LogP contribution is 2.27. The van der Waals surface area contributed by atoms with Gasteiger partial charge < -0.3 is 15.2 Å². The second-order valence-electron chi connectivity index (χ2n) is 4.16. The maximum absolute atomic E-state index is 5.89. The predicted molar refractivity (Wildman–Crippen MR) is 62.9 cm³/mol. The van der Waals surface area contributed by atoms with Crippen LogP contribution in [0.25, 0.3) is 0 Å². The second kappa shape index (κ2) is 4.41. The normalized spacial score (nSPS) is 19.4. The Morgan fingerprint density at radius 3 is 2.44 bits per heavy atom. The Hall–Kier alpha value is -1.10. The third-order valence-corrected chi connectivity index (χ3v) is 3.12. The Labute approximate surface area is 95.9 Å². The van der Waals surface area contributed by atoms with E-state index in [1.54, 1.807) is 14.2 Å². The van der Waals surface area contributed by atoms with Gasteiger partial charge in [0.15, 0.2) is 5.79 Å². The topological polar surface area (TPSA) is 47.7 Å². The monoisotopic (exact) mass is 222 g/mol. The van der Waals surface area contributed by atoms with Crippen molar-refractivity contribution in [3.05, 3.63) is 29.8 Å². The molecule has 1 aliphatic heterocycles. The number of nitrogens with zero attached hydrogens (tertiary/aromatic N) is 1. The molecule has 0 amide bonds. The van der Waals surface area contributed by atoms with Gasteiger partial charge in [0.2, 0.25) is 0 Å². The van der Waals surface area contributed by atoms with E-state index in [-0.39, 0.29) is 0 Å². The van der Waals surface area contributed by atoms with E-state index in [9.17, 15) is 0 Å². The fraction of sp³-hybridized carbons (Fsp3) is 0.500. The van der Waals surface area contributed by atoms with Crippen molar-refractivity contribution in [2.75, 3.05) is 33.0 Å². The Morgan fingerprint density at radius 2 is 1.88 bits per heavy atom. The Morgan fingerprint density at radius 1 is 1.25 bits per heavy atom. The minimum Gasteiger partial charge on any atom is -0.398 e. The summed E-state index contributed by atoms with van der Waals surface area (Å²) in [6.07, 6.45) is 0. The zero-order valence-corrected chi connectivity index (χ0v) is 9.77. The summed E-state index contributed by atoms with van der Waals surface area (Å²) >= 11 is 0. The van der Waals surface area contributed by atoms with Gasteiger partial charge in [0.25, 0.3) is 0 Å². The molecule has 1 heterocycles. The lowest BCUT2D eigenvalue weighted by molar-refractivity contribution is -0.277. The number of hydrogen-bond donors (Lipinski definition) is 1. The number of ether oxygens (including phenoxy) is 2. The third kappa shape index (κ3) is 2.04. The van der Waals surface area contributed by atoms with Crippen LogP contribution in [0.5, 0.6) is 0 Å².